The molecule has 2 rings (SSSR count). The summed E-state index contributed by atoms with van der Waals surface area (Å²) in [6.45, 7) is 5.12. The molecule has 7 nitrogen and oxygen atoms in total. The van der Waals surface area contributed by atoms with Crippen molar-refractivity contribution in [2.45, 2.75) is 38.3 Å². The number of aryl methyl sites for hydroxylation is 2. The van der Waals surface area contributed by atoms with Gasteiger partial charge in [0.1, 0.15) is 22.2 Å². The van der Waals surface area contributed by atoms with Crippen LogP contribution in [-0.4, -0.2) is 13.4 Å². The van der Waals surface area contributed by atoms with Crippen molar-refractivity contribution in [3.8, 4) is 0 Å². The highest BCUT2D eigenvalue weighted by molar-refractivity contribution is 7.89. The lowest BCUT2D eigenvalue weighted by Gasteiger charge is -2.10. The van der Waals surface area contributed by atoms with Crippen LogP contribution in [0.1, 0.15) is 36.1 Å². The zero-order chi connectivity index (χ0) is 14.9. The van der Waals surface area contributed by atoms with E-state index in [0.717, 1.165) is 0 Å². The Kier molecular flexibility index (Phi) is 3.98. The maximum absolute atomic E-state index is 12.3. The summed E-state index contributed by atoms with van der Waals surface area (Å²) in [5.41, 5.74) is 5.44. The maximum Gasteiger partial charge on any atom is 0.244 e. The summed E-state index contributed by atoms with van der Waals surface area (Å²) in [6, 6.07) is 0.842. The second-order valence-electron chi connectivity index (χ2n) is 4.49. The number of nitrogens with two attached hydrogens (primary N) is 1. The molecule has 1 atom stereocenters. The van der Waals surface area contributed by atoms with Gasteiger partial charge in [0.2, 0.25) is 15.9 Å². The number of aromatic nitrogens is 1. The van der Waals surface area contributed by atoms with Crippen LogP contribution in [-0.2, 0) is 16.6 Å². The van der Waals surface area contributed by atoms with Crippen LogP contribution in [0.2, 0.25) is 0 Å². The molecule has 0 aliphatic heterocycles. The van der Waals surface area contributed by atoms with E-state index in [0.29, 0.717) is 23.2 Å². The zero-order valence-electron chi connectivity index (χ0n) is 11.5. The molecule has 8 heteroatoms. The topological polar surface area (TPSA) is 111 Å². The number of sulfonamides is 1. The molecular formula is C12H17N3O4S. The number of hydrogen-bond donors (Lipinski definition) is 2. The fraction of sp³-hybridized carbons (Fsp3) is 0.417. The third-order valence-corrected chi connectivity index (χ3v) is 4.40. The molecule has 0 amide bonds. The maximum atomic E-state index is 12.3. The van der Waals surface area contributed by atoms with E-state index in [1.54, 1.807) is 20.8 Å². The van der Waals surface area contributed by atoms with E-state index in [1.807, 2.05) is 0 Å². The Morgan fingerprint density at radius 2 is 2.10 bits per heavy atom. The van der Waals surface area contributed by atoms with Gasteiger partial charge < -0.3 is 14.6 Å². The fourth-order valence-electron chi connectivity index (χ4n) is 1.81. The molecule has 20 heavy (non-hydrogen) atoms. The van der Waals surface area contributed by atoms with Crippen LogP contribution in [0.25, 0.3) is 0 Å². The van der Waals surface area contributed by atoms with Crippen molar-refractivity contribution in [2.24, 2.45) is 5.73 Å². The number of furan rings is 1. The first kappa shape index (κ1) is 14.8. The van der Waals surface area contributed by atoms with Crippen LogP contribution in [0.5, 0.6) is 0 Å². The van der Waals surface area contributed by atoms with Crippen LogP contribution in [0.3, 0.4) is 0 Å². The minimum atomic E-state index is -3.72. The van der Waals surface area contributed by atoms with Gasteiger partial charge in [0.15, 0.2) is 0 Å². The standard InChI is InChI=1S/C12H17N3O4S/c1-7-6-14-12(18-7)8(2)15-20(16,17)11-4-10(5-13)19-9(11)3/h4,6,8,15H,5,13H2,1-3H3. The zero-order valence-corrected chi connectivity index (χ0v) is 12.3. The van der Waals surface area contributed by atoms with Gasteiger partial charge in [0, 0.05) is 6.07 Å². The van der Waals surface area contributed by atoms with Gasteiger partial charge in [-0.1, -0.05) is 0 Å². The summed E-state index contributed by atoms with van der Waals surface area (Å²) in [7, 11) is -3.72. The molecule has 0 radical (unpaired) electrons. The molecular weight excluding hydrogens is 282 g/mol. The molecule has 0 aliphatic rings. The monoisotopic (exact) mass is 299 g/mol. The summed E-state index contributed by atoms with van der Waals surface area (Å²) in [6.07, 6.45) is 1.54. The van der Waals surface area contributed by atoms with Gasteiger partial charge in [0.05, 0.1) is 18.8 Å². The predicted octanol–water partition coefficient (Wildman–Crippen LogP) is 1.38. The number of nitrogens with one attached hydrogen (secondary N) is 1. The lowest BCUT2D eigenvalue weighted by molar-refractivity contribution is 0.427. The summed E-state index contributed by atoms with van der Waals surface area (Å²) >= 11 is 0. The third-order valence-electron chi connectivity index (χ3n) is 2.76. The predicted molar refractivity (Wildman–Crippen MR) is 71.3 cm³/mol. The molecule has 0 spiro atoms. The van der Waals surface area contributed by atoms with Gasteiger partial charge >= 0.3 is 0 Å². The molecule has 0 fully saturated rings. The summed E-state index contributed by atoms with van der Waals surface area (Å²) < 4.78 is 37.6. The first-order chi connectivity index (χ1) is 9.33. The van der Waals surface area contributed by atoms with E-state index in [2.05, 4.69) is 9.71 Å². The Morgan fingerprint density at radius 3 is 2.60 bits per heavy atom. The van der Waals surface area contributed by atoms with Crippen molar-refractivity contribution in [1.29, 1.82) is 0 Å². The normalized spacial score (nSPS) is 13.6. The van der Waals surface area contributed by atoms with Crippen LogP contribution >= 0.6 is 0 Å². The first-order valence-corrected chi connectivity index (χ1v) is 7.56. The van der Waals surface area contributed by atoms with E-state index in [1.165, 1.54) is 12.3 Å². The molecule has 3 N–H and O–H groups in total. The van der Waals surface area contributed by atoms with Crippen molar-refractivity contribution in [3.63, 3.8) is 0 Å². The Labute approximate surface area is 117 Å². The highest BCUT2D eigenvalue weighted by Crippen LogP contribution is 2.22. The van der Waals surface area contributed by atoms with Gasteiger partial charge in [-0.3, -0.25) is 0 Å². The quantitative estimate of drug-likeness (QED) is 0.862. The van der Waals surface area contributed by atoms with Crippen LogP contribution in [0, 0.1) is 13.8 Å². The highest BCUT2D eigenvalue weighted by atomic mass is 32.2. The van der Waals surface area contributed by atoms with E-state index in [9.17, 15) is 8.42 Å². The first-order valence-electron chi connectivity index (χ1n) is 6.07. The van der Waals surface area contributed by atoms with Gasteiger partial charge in [-0.15, -0.1) is 0 Å². The van der Waals surface area contributed by atoms with Gasteiger partial charge in [-0.25, -0.2) is 13.4 Å². The Morgan fingerprint density at radius 1 is 1.40 bits per heavy atom. The van der Waals surface area contributed by atoms with Gasteiger partial charge in [-0.2, -0.15) is 4.72 Å². The van der Waals surface area contributed by atoms with Crippen molar-refractivity contribution >= 4 is 10.0 Å². The van der Waals surface area contributed by atoms with E-state index in [-0.39, 0.29) is 11.4 Å². The molecule has 2 aromatic heterocycles. The average molecular weight is 299 g/mol. The van der Waals surface area contributed by atoms with Crippen molar-refractivity contribution in [3.05, 3.63) is 35.4 Å². The van der Waals surface area contributed by atoms with E-state index in [4.69, 9.17) is 14.6 Å². The minimum absolute atomic E-state index is 0.0769. The van der Waals surface area contributed by atoms with Crippen molar-refractivity contribution < 1.29 is 17.3 Å². The van der Waals surface area contributed by atoms with Crippen molar-refractivity contribution in [1.82, 2.24) is 9.71 Å². The molecule has 0 bridgehead atoms. The molecule has 110 valence electrons. The molecule has 0 saturated carbocycles. The molecule has 1 unspecified atom stereocenters. The van der Waals surface area contributed by atoms with Crippen LogP contribution < -0.4 is 10.5 Å². The van der Waals surface area contributed by atoms with Crippen LogP contribution in [0.15, 0.2) is 26.0 Å². The molecule has 0 aliphatic carbocycles. The Hall–Kier alpha value is -1.64. The molecule has 2 heterocycles. The number of hydrogen-bond acceptors (Lipinski definition) is 6. The second-order valence-corrected chi connectivity index (χ2v) is 6.17. The number of nitrogens with zero attached hydrogens (tertiary/aromatic N) is 1. The highest BCUT2D eigenvalue weighted by Gasteiger charge is 2.25. The molecule has 0 aromatic carbocycles. The molecule has 0 saturated heterocycles. The van der Waals surface area contributed by atoms with E-state index >= 15 is 0 Å². The average Bonchev–Trinajstić information content (AvgIpc) is 2.95. The summed E-state index contributed by atoms with van der Waals surface area (Å²) in [5, 5.41) is 0. The van der Waals surface area contributed by atoms with E-state index < -0.39 is 16.1 Å². The molecule has 2 aromatic rings. The second kappa shape index (κ2) is 5.39. The largest absolute Gasteiger partial charge is 0.464 e. The SMILES string of the molecule is Cc1cnc(C(C)NS(=O)(=O)c2cc(CN)oc2C)o1. The summed E-state index contributed by atoms with van der Waals surface area (Å²) in [4.78, 5) is 4.08. The summed E-state index contributed by atoms with van der Waals surface area (Å²) in [5.74, 6) is 1.65. The smallest absolute Gasteiger partial charge is 0.244 e. The Balaban J connectivity index is 2.24. The lowest BCUT2D eigenvalue weighted by Crippen LogP contribution is -2.27. The van der Waals surface area contributed by atoms with Gasteiger partial charge in [-0.05, 0) is 20.8 Å². The van der Waals surface area contributed by atoms with Crippen molar-refractivity contribution in [2.75, 3.05) is 0 Å². The Bertz CT molecular complexity index is 702. The van der Waals surface area contributed by atoms with Crippen LogP contribution in [0.4, 0.5) is 0 Å². The number of rotatable bonds is 5. The fourth-order valence-corrected chi connectivity index (χ4v) is 3.21. The number of oxazole rings is 1. The lowest BCUT2D eigenvalue weighted by atomic mass is 10.4. The minimum Gasteiger partial charge on any atom is -0.464 e. The third kappa shape index (κ3) is 2.92. The van der Waals surface area contributed by atoms with Gasteiger partial charge in [0.25, 0.3) is 0 Å².